The van der Waals surface area contributed by atoms with Gasteiger partial charge in [0, 0.05) is 11.6 Å². The van der Waals surface area contributed by atoms with Gasteiger partial charge in [-0.05, 0) is 31.7 Å². The molecule has 1 aromatic heterocycles. The van der Waals surface area contributed by atoms with E-state index in [0.717, 1.165) is 17.1 Å². The van der Waals surface area contributed by atoms with Crippen molar-refractivity contribution in [2.24, 2.45) is 17.6 Å². The Bertz CT molecular complexity index is 301. The number of aryl methyl sites for hydroxylation is 2. The van der Waals surface area contributed by atoms with E-state index < -0.39 is 0 Å². The molecule has 0 aliphatic rings. The topological polar surface area (TPSA) is 39.2 Å². The van der Waals surface area contributed by atoms with E-state index in [-0.39, 0.29) is 6.04 Å². The van der Waals surface area contributed by atoms with Crippen LogP contribution in [0.4, 0.5) is 0 Å². The summed E-state index contributed by atoms with van der Waals surface area (Å²) in [7, 11) is 0. The third-order valence-corrected chi connectivity index (χ3v) is 3.06. The number of furan rings is 1. The predicted octanol–water partition coefficient (Wildman–Crippen LogP) is 3.19. The Morgan fingerprint density at radius 3 is 2.14 bits per heavy atom. The molecule has 2 heteroatoms. The molecule has 1 heterocycles. The lowest BCUT2D eigenvalue weighted by Gasteiger charge is -2.22. The molecule has 1 aromatic rings. The van der Waals surface area contributed by atoms with Gasteiger partial charge in [-0.2, -0.15) is 0 Å². The van der Waals surface area contributed by atoms with Crippen LogP contribution in [-0.2, 0) is 0 Å². The molecule has 2 N–H and O–H groups in total. The van der Waals surface area contributed by atoms with Crippen molar-refractivity contribution in [1.82, 2.24) is 0 Å². The number of nitrogens with two attached hydrogens (primary N) is 1. The highest BCUT2D eigenvalue weighted by Crippen LogP contribution is 2.29. The molecule has 0 spiro atoms. The van der Waals surface area contributed by atoms with E-state index in [1.54, 1.807) is 0 Å². The van der Waals surface area contributed by atoms with E-state index in [1.807, 2.05) is 13.8 Å². The van der Waals surface area contributed by atoms with Crippen LogP contribution >= 0.6 is 0 Å². The highest BCUT2D eigenvalue weighted by atomic mass is 16.3. The second-order valence-corrected chi connectivity index (χ2v) is 4.50. The minimum absolute atomic E-state index is 0.0902. The zero-order chi connectivity index (χ0) is 10.9. The Hall–Kier alpha value is -0.760. The molecule has 0 aliphatic heterocycles. The number of hydrogen-bond acceptors (Lipinski definition) is 2. The average Bonchev–Trinajstić information content (AvgIpc) is 2.42. The van der Waals surface area contributed by atoms with Gasteiger partial charge in [-0.25, -0.2) is 0 Å². The molecule has 14 heavy (non-hydrogen) atoms. The van der Waals surface area contributed by atoms with Gasteiger partial charge in [0.25, 0.3) is 0 Å². The molecular weight excluding hydrogens is 174 g/mol. The first-order chi connectivity index (χ1) is 6.43. The molecule has 0 aliphatic carbocycles. The summed E-state index contributed by atoms with van der Waals surface area (Å²) in [5.74, 6) is 2.98. The van der Waals surface area contributed by atoms with Crippen molar-refractivity contribution in [3.8, 4) is 0 Å². The summed E-state index contributed by atoms with van der Waals surface area (Å²) in [6.07, 6.45) is 0. The van der Waals surface area contributed by atoms with Gasteiger partial charge in [-0.15, -0.1) is 0 Å². The first kappa shape index (κ1) is 11.3. The van der Waals surface area contributed by atoms with Gasteiger partial charge in [0.15, 0.2) is 0 Å². The fraction of sp³-hybridized carbons (Fsp3) is 0.667. The molecule has 0 aromatic carbocycles. The van der Waals surface area contributed by atoms with Crippen LogP contribution in [0.5, 0.6) is 0 Å². The second kappa shape index (κ2) is 4.18. The molecule has 0 radical (unpaired) electrons. The molecule has 0 amide bonds. The number of rotatable bonds is 3. The first-order valence-electron chi connectivity index (χ1n) is 5.26. The smallest absolute Gasteiger partial charge is 0.105 e. The van der Waals surface area contributed by atoms with Crippen LogP contribution in [-0.4, -0.2) is 0 Å². The highest BCUT2D eigenvalue weighted by molar-refractivity contribution is 5.24. The lowest BCUT2D eigenvalue weighted by molar-refractivity contribution is 0.348. The van der Waals surface area contributed by atoms with E-state index in [0.29, 0.717) is 11.8 Å². The van der Waals surface area contributed by atoms with E-state index >= 15 is 0 Å². The van der Waals surface area contributed by atoms with E-state index in [1.165, 1.54) is 0 Å². The maximum atomic E-state index is 6.19. The lowest BCUT2D eigenvalue weighted by Crippen LogP contribution is -2.23. The standard InChI is InChI=1S/C12H21NO/c1-7(2)9(4)12(13)11-6-8(3)14-10(11)5/h6-7,9,12H,13H2,1-5H3. The zero-order valence-electron chi connectivity index (χ0n) is 9.79. The van der Waals surface area contributed by atoms with Crippen molar-refractivity contribution in [3.05, 3.63) is 23.2 Å². The molecule has 2 nitrogen and oxygen atoms in total. The normalized spacial score (nSPS) is 15.9. The van der Waals surface area contributed by atoms with Crippen LogP contribution in [0.25, 0.3) is 0 Å². The fourth-order valence-corrected chi connectivity index (χ4v) is 1.68. The van der Waals surface area contributed by atoms with Gasteiger partial charge in [-0.3, -0.25) is 0 Å². The maximum absolute atomic E-state index is 6.19. The maximum Gasteiger partial charge on any atom is 0.105 e. The SMILES string of the molecule is Cc1cc(C(N)C(C)C(C)C)c(C)o1. The third-order valence-electron chi connectivity index (χ3n) is 3.06. The Balaban J connectivity index is 2.88. The molecule has 0 saturated heterocycles. The van der Waals surface area contributed by atoms with Gasteiger partial charge in [0.1, 0.15) is 11.5 Å². The Morgan fingerprint density at radius 1 is 1.21 bits per heavy atom. The summed E-state index contributed by atoms with van der Waals surface area (Å²) in [4.78, 5) is 0. The van der Waals surface area contributed by atoms with Gasteiger partial charge >= 0.3 is 0 Å². The van der Waals surface area contributed by atoms with Crippen LogP contribution in [0.2, 0.25) is 0 Å². The summed E-state index contributed by atoms with van der Waals surface area (Å²) in [6.45, 7) is 10.5. The lowest BCUT2D eigenvalue weighted by atomic mass is 9.87. The van der Waals surface area contributed by atoms with Gasteiger partial charge < -0.3 is 10.2 Å². The van der Waals surface area contributed by atoms with Crippen molar-refractivity contribution < 1.29 is 4.42 Å². The summed E-state index contributed by atoms with van der Waals surface area (Å²) >= 11 is 0. The molecule has 2 atom stereocenters. The predicted molar refractivity (Wildman–Crippen MR) is 59.1 cm³/mol. The van der Waals surface area contributed by atoms with E-state index in [2.05, 4.69) is 26.8 Å². The van der Waals surface area contributed by atoms with Crippen LogP contribution in [0.15, 0.2) is 10.5 Å². The van der Waals surface area contributed by atoms with Crippen LogP contribution in [0, 0.1) is 25.7 Å². The summed E-state index contributed by atoms with van der Waals surface area (Å²) in [5.41, 5.74) is 7.35. The van der Waals surface area contributed by atoms with E-state index in [4.69, 9.17) is 10.2 Å². The van der Waals surface area contributed by atoms with Crippen molar-refractivity contribution in [2.75, 3.05) is 0 Å². The zero-order valence-corrected chi connectivity index (χ0v) is 9.79. The largest absolute Gasteiger partial charge is 0.466 e. The van der Waals surface area contributed by atoms with Crippen LogP contribution in [0.3, 0.4) is 0 Å². The molecule has 1 rings (SSSR count). The summed E-state index contributed by atoms with van der Waals surface area (Å²) in [5, 5.41) is 0. The quantitative estimate of drug-likeness (QED) is 0.804. The molecule has 80 valence electrons. The minimum atomic E-state index is 0.0902. The minimum Gasteiger partial charge on any atom is -0.466 e. The Morgan fingerprint density at radius 2 is 1.79 bits per heavy atom. The molecule has 0 fully saturated rings. The Kier molecular flexibility index (Phi) is 3.38. The van der Waals surface area contributed by atoms with Crippen molar-refractivity contribution in [3.63, 3.8) is 0 Å². The summed E-state index contributed by atoms with van der Waals surface area (Å²) in [6, 6.07) is 2.14. The highest BCUT2D eigenvalue weighted by Gasteiger charge is 2.21. The molecule has 2 unspecified atom stereocenters. The van der Waals surface area contributed by atoms with Gasteiger partial charge in [0.05, 0.1) is 0 Å². The van der Waals surface area contributed by atoms with E-state index in [9.17, 15) is 0 Å². The van der Waals surface area contributed by atoms with Crippen molar-refractivity contribution in [1.29, 1.82) is 0 Å². The first-order valence-corrected chi connectivity index (χ1v) is 5.26. The van der Waals surface area contributed by atoms with Crippen LogP contribution in [0.1, 0.15) is 43.9 Å². The third kappa shape index (κ3) is 2.18. The molecule has 0 bridgehead atoms. The van der Waals surface area contributed by atoms with Gasteiger partial charge in [0.2, 0.25) is 0 Å². The van der Waals surface area contributed by atoms with Crippen molar-refractivity contribution in [2.45, 2.75) is 40.7 Å². The molecular formula is C12H21NO. The van der Waals surface area contributed by atoms with Crippen LogP contribution < -0.4 is 5.73 Å². The second-order valence-electron chi connectivity index (χ2n) is 4.50. The molecule has 0 saturated carbocycles. The monoisotopic (exact) mass is 195 g/mol. The average molecular weight is 195 g/mol. The number of hydrogen-bond donors (Lipinski definition) is 1. The summed E-state index contributed by atoms with van der Waals surface area (Å²) < 4.78 is 5.49. The van der Waals surface area contributed by atoms with Gasteiger partial charge in [-0.1, -0.05) is 20.8 Å². The van der Waals surface area contributed by atoms with Crippen molar-refractivity contribution >= 4 is 0 Å². The fourth-order valence-electron chi connectivity index (χ4n) is 1.68. The Labute approximate surface area is 86.5 Å².